The highest BCUT2D eigenvalue weighted by Crippen LogP contribution is 2.21. The summed E-state index contributed by atoms with van der Waals surface area (Å²) < 4.78 is 4.29. The van der Waals surface area contributed by atoms with E-state index >= 15 is 0 Å². The second-order valence-electron chi connectivity index (χ2n) is 3.02. The van der Waals surface area contributed by atoms with Crippen molar-refractivity contribution in [2.24, 2.45) is 0 Å². The number of hydrogen-bond acceptors (Lipinski definition) is 3. The second kappa shape index (κ2) is 2.92. The summed E-state index contributed by atoms with van der Waals surface area (Å²) in [4.78, 5) is 7.25. The highest BCUT2D eigenvalue weighted by molar-refractivity contribution is 7.03. The Kier molecular flexibility index (Phi) is 1.61. The van der Waals surface area contributed by atoms with Crippen molar-refractivity contribution in [3.05, 3.63) is 36.0 Å². The smallest absolute Gasteiger partial charge is 0.0931 e. The van der Waals surface area contributed by atoms with Crippen molar-refractivity contribution in [2.75, 3.05) is 0 Å². The van der Waals surface area contributed by atoms with Crippen molar-refractivity contribution in [1.29, 1.82) is 0 Å². The zero-order valence-electron chi connectivity index (χ0n) is 7.27. The van der Waals surface area contributed by atoms with Gasteiger partial charge in [0.25, 0.3) is 0 Å². The van der Waals surface area contributed by atoms with E-state index in [9.17, 15) is 0 Å². The van der Waals surface area contributed by atoms with Gasteiger partial charge in [0.1, 0.15) is 0 Å². The Morgan fingerprint density at radius 1 is 1.21 bits per heavy atom. The maximum Gasteiger partial charge on any atom is 0.0931 e. The van der Waals surface area contributed by atoms with Gasteiger partial charge >= 0.3 is 0 Å². The van der Waals surface area contributed by atoms with E-state index in [0.29, 0.717) is 0 Å². The molecule has 2 aromatic heterocycles. The zero-order valence-corrected chi connectivity index (χ0v) is 8.08. The summed E-state index contributed by atoms with van der Waals surface area (Å²) in [5.41, 5.74) is 4.19. The molecule has 0 amide bonds. The maximum atomic E-state index is 4.29. The van der Waals surface area contributed by atoms with E-state index in [-0.39, 0.29) is 0 Å². The Labute approximate surface area is 84.6 Å². The number of nitrogens with zero attached hydrogens (tertiary/aromatic N) is 2. The van der Waals surface area contributed by atoms with Gasteiger partial charge in [-0.1, -0.05) is 6.07 Å². The summed E-state index contributed by atoms with van der Waals surface area (Å²) in [6.45, 7) is 0. The quantitative estimate of drug-likeness (QED) is 0.657. The Morgan fingerprint density at radius 2 is 2.21 bits per heavy atom. The van der Waals surface area contributed by atoms with Crippen LogP contribution in [0.1, 0.15) is 0 Å². The number of H-pyrrole nitrogens is 1. The number of hydrogen-bond donors (Lipinski definition) is 1. The van der Waals surface area contributed by atoms with Gasteiger partial charge < -0.3 is 4.98 Å². The van der Waals surface area contributed by atoms with E-state index in [4.69, 9.17) is 0 Å². The van der Waals surface area contributed by atoms with Crippen LogP contribution in [-0.4, -0.2) is 14.3 Å². The van der Waals surface area contributed by atoms with Gasteiger partial charge in [0, 0.05) is 10.9 Å². The molecule has 3 nitrogen and oxygen atoms in total. The van der Waals surface area contributed by atoms with Crippen molar-refractivity contribution in [3.8, 4) is 11.3 Å². The molecule has 1 N–H and O–H groups in total. The molecule has 3 aromatic rings. The van der Waals surface area contributed by atoms with E-state index in [1.165, 1.54) is 11.5 Å². The maximum absolute atomic E-state index is 4.29. The average molecular weight is 201 g/mol. The molecule has 2 heterocycles. The summed E-state index contributed by atoms with van der Waals surface area (Å²) in [5.74, 6) is 0. The third kappa shape index (κ3) is 1.12. The van der Waals surface area contributed by atoms with Crippen molar-refractivity contribution >= 4 is 22.6 Å². The molecule has 0 fully saturated rings. The molecule has 1 aromatic carbocycles. The monoisotopic (exact) mass is 201 g/mol. The molecule has 0 aliphatic rings. The minimum absolute atomic E-state index is 0.990. The largest absolute Gasteiger partial charge is 0.345 e. The van der Waals surface area contributed by atoms with Crippen LogP contribution in [0.15, 0.2) is 36.0 Å². The van der Waals surface area contributed by atoms with Crippen LogP contribution in [-0.2, 0) is 0 Å². The predicted octanol–water partition coefficient (Wildman–Crippen LogP) is 2.69. The van der Waals surface area contributed by atoms with E-state index in [0.717, 1.165) is 22.3 Å². The third-order valence-electron chi connectivity index (χ3n) is 2.15. The van der Waals surface area contributed by atoms with Crippen molar-refractivity contribution < 1.29 is 0 Å². The van der Waals surface area contributed by atoms with E-state index < -0.39 is 0 Å². The Hall–Kier alpha value is -1.68. The lowest BCUT2D eigenvalue weighted by molar-refractivity contribution is 1.34. The molecule has 68 valence electrons. The molecule has 14 heavy (non-hydrogen) atoms. The fourth-order valence-corrected chi connectivity index (χ4v) is 1.99. The third-order valence-corrected chi connectivity index (χ3v) is 2.71. The first-order valence-corrected chi connectivity index (χ1v) is 5.11. The SMILES string of the molecule is c1nc2ccc(-c3ccsn3)cc2[nH]1. The molecule has 0 radical (unpaired) electrons. The van der Waals surface area contributed by atoms with Gasteiger partial charge in [-0.15, -0.1) is 0 Å². The molecular weight excluding hydrogens is 194 g/mol. The highest BCUT2D eigenvalue weighted by Gasteiger charge is 2.01. The minimum atomic E-state index is 0.990. The standard InChI is InChI=1S/C10H7N3S/c1-2-9-10(12-6-11-9)5-7(1)8-3-4-14-13-8/h1-6H,(H,11,12). The van der Waals surface area contributed by atoms with Gasteiger partial charge in [0.2, 0.25) is 0 Å². The Bertz CT molecular complexity index is 554. The number of benzene rings is 1. The summed E-state index contributed by atoms with van der Waals surface area (Å²) in [5, 5.41) is 1.98. The van der Waals surface area contributed by atoms with Gasteiger partial charge in [-0.3, -0.25) is 0 Å². The molecule has 0 unspecified atom stereocenters. The van der Waals surface area contributed by atoms with Gasteiger partial charge in [0.15, 0.2) is 0 Å². The first kappa shape index (κ1) is 7.70. The predicted molar refractivity (Wildman–Crippen MR) is 57.2 cm³/mol. The molecule has 3 rings (SSSR count). The van der Waals surface area contributed by atoms with Crippen LogP contribution >= 0.6 is 11.5 Å². The molecule has 0 aliphatic carbocycles. The molecule has 0 spiro atoms. The molecule has 0 bridgehead atoms. The zero-order chi connectivity index (χ0) is 9.38. The van der Waals surface area contributed by atoms with Crippen molar-refractivity contribution in [1.82, 2.24) is 14.3 Å². The van der Waals surface area contributed by atoms with Crippen molar-refractivity contribution in [3.63, 3.8) is 0 Å². The van der Waals surface area contributed by atoms with Crippen LogP contribution in [0.25, 0.3) is 22.3 Å². The lowest BCUT2D eigenvalue weighted by atomic mass is 10.1. The Morgan fingerprint density at radius 3 is 3.07 bits per heavy atom. The van der Waals surface area contributed by atoms with Crippen LogP contribution in [0.2, 0.25) is 0 Å². The first-order chi connectivity index (χ1) is 6.93. The van der Waals surface area contributed by atoms with Crippen LogP contribution in [0.3, 0.4) is 0 Å². The normalized spacial score (nSPS) is 10.9. The molecule has 0 atom stereocenters. The second-order valence-corrected chi connectivity index (χ2v) is 3.68. The average Bonchev–Trinajstić information content (AvgIpc) is 2.88. The number of nitrogens with one attached hydrogen (secondary N) is 1. The number of fused-ring (bicyclic) bond motifs is 1. The molecule has 0 saturated carbocycles. The number of rotatable bonds is 1. The molecular formula is C10H7N3S. The van der Waals surface area contributed by atoms with E-state index in [1.807, 2.05) is 23.6 Å². The van der Waals surface area contributed by atoms with Gasteiger partial charge in [-0.2, -0.15) is 4.37 Å². The lowest BCUT2D eigenvalue weighted by Gasteiger charge is -1.95. The topological polar surface area (TPSA) is 41.6 Å². The van der Waals surface area contributed by atoms with Crippen molar-refractivity contribution in [2.45, 2.75) is 0 Å². The molecule has 0 saturated heterocycles. The van der Waals surface area contributed by atoms with Crippen LogP contribution < -0.4 is 0 Å². The highest BCUT2D eigenvalue weighted by atomic mass is 32.1. The van der Waals surface area contributed by atoms with Crippen LogP contribution in [0.5, 0.6) is 0 Å². The summed E-state index contributed by atoms with van der Waals surface area (Å²) in [7, 11) is 0. The Balaban J connectivity index is 2.23. The van der Waals surface area contributed by atoms with Gasteiger partial charge in [0.05, 0.1) is 23.1 Å². The summed E-state index contributed by atoms with van der Waals surface area (Å²) in [6, 6.07) is 8.12. The fourth-order valence-electron chi connectivity index (χ4n) is 1.46. The van der Waals surface area contributed by atoms with E-state index in [2.05, 4.69) is 20.4 Å². The van der Waals surface area contributed by atoms with Gasteiger partial charge in [-0.25, -0.2) is 4.98 Å². The minimum Gasteiger partial charge on any atom is -0.345 e. The molecule has 4 heteroatoms. The van der Waals surface area contributed by atoms with Crippen LogP contribution in [0.4, 0.5) is 0 Å². The number of imidazole rings is 1. The molecule has 0 aliphatic heterocycles. The van der Waals surface area contributed by atoms with E-state index in [1.54, 1.807) is 6.33 Å². The first-order valence-electron chi connectivity index (χ1n) is 4.27. The summed E-state index contributed by atoms with van der Waals surface area (Å²) in [6.07, 6.45) is 1.70. The number of aromatic amines is 1. The number of aromatic nitrogens is 3. The van der Waals surface area contributed by atoms with Crippen LogP contribution in [0, 0.1) is 0 Å². The fraction of sp³-hybridized carbons (Fsp3) is 0. The van der Waals surface area contributed by atoms with Gasteiger partial charge in [-0.05, 0) is 29.7 Å². The lowest BCUT2D eigenvalue weighted by Crippen LogP contribution is -1.76. The summed E-state index contributed by atoms with van der Waals surface area (Å²) >= 11 is 1.47.